The molecule has 1 N–H and O–H groups in total. The van der Waals surface area contributed by atoms with Crippen molar-refractivity contribution in [2.24, 2.45) is 0 Å². The van der Waals surface area contributed by atoms with Crippen LogP contribution in [0.3, 0.4) is 0 Å². The van der Waals surface area contributed by atoms with Crippen molar-refractivity contribution in [3.63, 3.8) is 0 Å². The molecule has 2 aliphatic rings. The third-order valence-electron chi connectivity index (χ3n) is 6.26. The van der Waals surface area contributed by atoms with E-state index in [0.29, 0.717) is 6.42 Å². The normalized spacial score (nSPS) is 16.5. The van der Waals surface area contributed by atoms with Crippen molar-refractivity contribution in [1.29, 1.82) is 0 Å². The van der Waals surface area contributed by atoms with Gasteiger partial charge in [-0.2, -0.15) is 0 Å². The molecule has 0 saturated heterocycles. The van der Waals surface area contributed by atoms with Crippen molar-refractivity contribution in [3.05, 3.63) is 70.8 Å². The molecule has 2 aromatic carbocycles. The first kappa shape index (κ1) is 32.9. The highest BCUT2D eigenvalue weighted by molar-refractivity contribution is 6.80. The molecule has 0 aromatic heterocycles. The summed E-state index contributed by atoms with van der Waals surface area (Å²) in [6.45, 7) is 0.930. The van der Waals surface area contributed by atoms with Crippen molar-refractivity contribution < 1.29 is 47.7 Å². The quantitative estimate of drug-likeness (QED) is 0.236. The summed E-state index contributed by atoms with van der Waals surface area (Å²) in [5.41, 5.74) is 4.39. The zero-order valence-electron chi connectivity index (χ0n) is 23.0. The SMILES string of the molecule is COC(=O)C(=O)Cl.COC(=O)C(=O)N1Cc2ccccc2CC1C(=O)OC.COC(=O)C1Cc2ccccc2CN1. The van der Waals surface area contributed by atoms with E-state index in [1.165, 1.54) is 30.2 Å². The number of carbonyl (C=O) groups excluding carboxylic acids is 6. The Labute approximate surface area is 241 Å². The number of ether oxygens (including phenoxy) is 4. The summed E-state index contributed by atoms with van der Waals surface area (Å²) in [4.78, 5) is 67.2. The molecule has 2 unspecified atom stereocenters. The van der Waals surface area contributed by atoms with Crippen LogP contribution in [0.1, 0.15) is 22.3 Å². The lowest BCUT2D eigenvalue weighted by Crippen LogP contribution is -2.51. The molecular weight excluding hydrogens is 560 g/mol. The first-order valence-corrected chi connectivity index (χ1v) is 12.6. The number of amides is 1. The van der Waals surface area contributed by atoms with E-state index in [-0.39, 0.29) is 18.6 Å². The summed E-state index contributed by atoms with van der Waals surface area (Å²) < 4.78 is 17.7. The second-order valence-electron chi connectivity index (χ2n) is 8.63. The highest BCUT2D eigenvalue weighted by Gasteiger charge is 2.38. The topological polar surface area (TPSA) is 155 Å². The summed E-state index contributed by atoms with van der Waals surface area (Å²) in [6, 6.07) is 14.6. The summed E-state index contributed by atoms with van der Waals surface area (Å²) in [6.07, 6.45) is 1.05. The van der Waals surface area contributed by atoms with E-state index < -0.39 is 35.1 Å². The van der Waals surface area contributed by atoms with Gasteiger partial charge in [-0.3, -0.25) is 14.4 Å². The van der Waals surface area contributed by atoms with E-state index in [9.17, 15) is 28.8 Å². The Bertz CT molecular complexity index is 1280. The van der Waals surface area contributed by atoms with Crippen LogP contribution in [-0.4, -0.2) is 80.4 Å². The molecule has 220 valence electrons. The molecule has 41 heavy (non-hydrogen) atoms. The molecule has 4 rings (SSSR count). The van der Waals surface area contributed by atoms with Crippen molar-refractivity contribution in [2.45, 2.75) is 38.0 Å². The second-order valence-corrected chi connectivity index (χ2v) is 8.97. The number of esters is 4. The number of halogens is 1. The predicted molar refractivity (Wildman–Crippen MR) is 144 cm³/mol. The van der Waals surface area contributed by atoms with Crippen molar-refractivity contribution in [1.82, 2.24) is 10.2 Å². The molecule has 13 heteroatoms. The van der Waals surface area contributed by atoms with Gasteiger partial charge < -0.3 is 29.2 Å². The van der Waals surface area contributed by atoms with Crippen LogP contribution in [0.25, 0.3) is 0 Å². The Hall–Kier alpha value is -4.29. The Morgan fingerprint density at radius 3 is 1.71 bits per heavy atom. The number of hydrogen-bond acceptors (Lipinski definition) is 11. The number of fused-ring (bicyclic) bond motifs is 2. The smallest absolute Gasteiger partial charge is 0.396 e. The van der Waals surface area contributed by atoms with Crippen LogP contribution in [0, 0.1) is 0 Å². The third-order valence-corrected chi connectivity index (χ3v) is 6.41. The van der Waals surface area contributed by atoms with E-state index in [1.54, 1.807) is 0 Å². The Morgan fingerprint density at radius 1 is 0.707 bits per heavy atom. The molecule has 0 bridgehead atoms. The van der Waals surface area contributed by atoms with E-state index in [2.05, 4.69) is 38.5 Å². The van der Waals surface area contributed by atoms with Crippen LogP contribution in [0.4, 0.5) is 0 Å². The monoisotopic (exact) mass is 590 g/mol. The number of nitrogens with one attached hydrogen (secondary N) is 1. The summed E-state index contributed by atoms with van der Waals surface area (Å²) in [5.74, 6) is -3.58. The van der Waals surface area contributed by atoms with Gasteiger partial charge in [0.15, 0.2) is 0 Å². The highest BCUT2D eigenvalue weighted by atomic mass is 35.5. The number of rotatable bonds is 3. The van der Waals surface area contributed by atoms with Crippen molar-refractivity contribution in [3.8, 4) is 0 Å². The van der Waals surface area contributed by atoms with Gasteiger partial charge in [-0.05, 0) is 40.3 Å². The number of benzene rings is 2. The number of carbonyl (C=O) groups is 6. The Kier molecular flexibility index (Phi) is 12.9. The van der Waals surface area contributed by atoms with Crippen LogP contribution >= 0.6 is 11.6 Å². The van der Waals surface area contributed by atoms with Crippen LogP contribution in [0.5, 0.6) is 0 Å². The molecule has 2 aliphatic heterocycles. The average Bonchev–Trinajstić information content (AvgIpc) is 3.02. The lowest BCUT2D eigenvalue weighted by molar-refractivity contribution is -0.164. The van der Waals surface area contributed by atoms with Gasteiger partial charge in [0, 0.05) is 19.5 Å². The van der Waals surface area contributed by atoms with E-state index in [0.717, 1.165) is 38.3 Å². The minimum atomic E-state index is -1.09. The standard InChI is InChI=1S/C14H15NO5.C11H13NO2.C3H3ClO3/c1-19-13(17)11-7-9-5-3-4-6-10(9)8-15(11)12(16)14(18)20-2;1-14-11(13)10-6-8-4-2-3-5-9(8)7-12-10;1-7-3(6)2(4)5/h3-6,11H,7-8H2,1-2H3;2-5,10,12H,6-7H2,1H3;1H3. The van der Waals surface area contributed by atoms with E-state index in [4.69, 9.17) is 9.47 Å². The van der Waals surface area contributed by atoms with Gasteiger partial charge >= 0.3 is 35.0 Å². The summed E-state index contributed by atoms with van der Waals surface area (Å²) >= 11 is 4.61. The number of nitrogens with zero attached hydrogens (tertiary/aromatic N) is 1. The fourth-order valence-electron chi connectivity index (χ4n) is 4.13. The molecule has 2 heterocycles. The van der Waals surface area contributed by atoms with Gasteiger partial charge in [-0.1, -0.05) is 48.5 Å². The maximum absolute atomic E-state index is 12.0. The largest absolute Gasteiger partial charge is 0.468 e. The molecule has 1 amide bonds. The van der Waals surface area contributed by atoms with E-state index >= 15 is 0 Å². The van der Waals surface area contributed by atoms with Crippen LogP contribution < -0.4 is 5.32 Å². The molecule has 12 nitrogen and oxygen atoms in total. The van der Waals surface area contributed by atoms with Crippen molar-refractivity contribution in [2.75, 3.05) is 28.4 Å². The molecule has 0 fully saturated rings. The maximum atomic E-state index is 12.0. The zero-order chi connectivity index (χ0) is 30.5. The van der Waals surface area contributed by atoms with Gasteiger partial charge in [0.05, 0.1) is 28.4 Å². The zero-order valence-corrected chi connectivity index (χ0v) is 23.8. The lowest BCUT2D eigenvalue weighted by Gasteiger charge is -2.34. The molecule has 0 saturated carbocycles. The van der Waals surface area contributed by atoms with Gasteiger partial charge in [-0.15, -0.1) is 0 Å². The summed E-state index contributed by atoms with van der Waals surface area (Å²) in [7, 11) is 4.89. The van der Waals surface area contributed by atoms with Gasteiger partial charge in [-0.25, -0.2) is 14.4 Å². The molecule has 0 spiro atoms. The fraction of sp³-hybridized carbons (Fsp3) is 0.357. The van der Waals surface area contributed by atoms with Crippen molar-refractivity contribution >= 4 is 46.6 Å². The van der Waals surface area contributed by atoms with Gasteiger partial charge in [0.2, 0.25) is 0 Å². The summed E-state index contributed by atoms with van der Waals surface area (Å²) in [5, 5.41) is 2.06. The Balaban J connectivity index is 0.000000242. The maximum Gasteiger partial charge on any atom is 0.396 e. The first-order chi connectivity index (χ1) is 19.6. The fourth-order valence-corrected chi connectivity index (χ4v) is 4.21. The number of methoxy groups -OCH3 is 4. The minimum Gasteiger partial charge on any atom is -0.468 e. The van der Waals surface area contributed by atoms with Crippen LogP contribution in [-0.2, 0) is 73.6 Å². The molecule has 0 aliphatic carbocycles. The van der Waals surface area contributed by atoms with Gasteiger partial charge in [0.25, 0.3) is 0 Å². The highest BCUT2D eigenvalue weighted by Crippen LogP contribution is 2.24. The third kappa shape index (κ3) is 9.12. The predicted octanol–water partition coefficient (Wildman–Crippen LogP) is 1.08. The molecule has 2 atom stereocenters. The first-order valence-electron chi connectivity index (χ1n) is 12.3. The molecular formula is C28H31ClN2O10. The number of hydrogen-bond donors (Lipinski definition) is 1. The second kappa shape index (κ2) is 16.1. The van der Waals surface area contributed by atoms with Gasteiger partial charge in [0.1, 0.15) is 12.1 Å². The van der Waals surface area contributed by atoms with E-state index in [1.807, 2.05) is 36.4 Å². The van der Waals surface area contributed by atoms with Crippen LogP contribution in [0.2, 0.25) is 0 Å². The molecule has 0 radical (unpaired) electrons. The lowest BCUT2D eigenvalue weighted by atomic mass is 9.94. The average molecular weight is 591 g/mol. The molecule has 2 aromatic rings. The van der Waals surface area contributed by atoms with Crippen LogP contribution in [0.15, 0.2) is 48.5 Å². The Morgan fingerprint density at radius 2 is 1.22 bits per heavy atom. The minimum absolute atomic E-state index is 0.181.